The number of alkyl carbamates (subject to hydrolysis) is 3. The second kappa shape index (κ2) is 16.8. The Hall–Kier alpha value is -2.97. The van der Waals surface area contributed by atoms with Gasteiger partial charge in [0.05, 0.1) is 19.8 Å². The monoisotopic (exact) mass is 531 g/mol. The smallest absolute Gasteiger partial charge is 0.407 e. The highest BCUT2D eigenvalue weighted by atomic mass is 16.6. The quantitative estimate of drug-likeness (QED) is 0.236. The van der Waals surface area contributed by atoms with E-state index in [1.165, 1.54) is 6.42 Å². The van der Waals surface area contributed by atoms with E-state index in [9.17, 15) is 14.4 Å². The van der Waals surface area contributed by atoms with Crippen molar-refractivity contribution in [2.24, 2.45) is 11.8 Å². The number of nitrogens with one attached hydrogen (secondary N) is 3. The maximum atomic E-state index is 12.1. The van der Waals surface area contributed by atoms with Gasteiger partial charge in [-0.1, -0.05) is 37.3 Å². The SMILES string of the molecule is CCCOC(=O)NC1CCC(CC2CCC(NC(=O)OCCCOC(=O)NCc3ccccc3)CC2)CC1. The molecule has 0 heterocycles. The molecule has 0 unspecified atom stereocenters. The van der Waals surface area contributed by atoms with Crippen molar-refractivity contribution in [2.45, 2.75) is 96.2 Å². The van der Waals surface area contributed by atoms with Gasteiger partial charge in [0.15, 0.2) is 0 Å². The van der Waals surface area contributed by atoms with Crippen LogP contribution in [-0.2, 0) is 20.8 Å². The third kappa shape index (κ3) is 11.6. The van der Waals surface area contributed by atoms with Crippen LogP contribution in [0.4, 0.5) is 14.4 Å². The number of amides is 3. The summed E-state index contributed by atoms with van der Waals surface area (Å²) in [5.41, 5.74) is 1.00. The highest BCUT2D eigenvalue weighted by Gasteiger charge is 2.28. The van der Waals surface area contributed by atoms with Crippen LogP contribution >= 0.6 is 0 Å². The van der Waals surface area contributed by atoms with Crippen LogP contribution in [-0.4, -0.2) is 50.2 Å². The van der Waals surface area contributed by atoms with Gasteiger partial charge in [0.25, 0.3) is 0 Å². The van der Waals surface area contributed by atoms with E-state index in [2.05, 4.69) is 16.0 Å². The molecule has 2 fully saturated rings. The zero-order valence-corrected chi connectivity index (χ0v) is 22.8. The highest BCUT2D eigenvalue weighted by molar-refractivity contribution is 5.68. The number of carbonyl (C=O) groups excluding carboxylic acids is 3. The third-order valence-corrected chi connectivity index (χ3v) is 7.48. The molecule has 3 N–H and O–H groups in total. The molecule has 9 heteroatoms. The Bertz CT molecular complexity index is 836. The van der Waals surface area contributed by atoms with Gasteiger partial charge < -0.3 is 30.2 Å². The summed E-state index contributed by atoms with van der Waals surface area (Å²) in [5, 5.41) is 8.68. The van der Waals surface area contributed by atoms with E-state index in [1.54, 1.807) is 0 Å². The van der Waals surface area contributed by atoms with Crippen LogP contribution in [0, 0.1) is 11.8 Å². The van der Waals surface area contributed by atoms with Crippen LogP contribution in [0.3, 0.4) is 0 Å². The van der Waals surface area contributed by atoms with E-state index in [0.717, 1.165) is 69.3 Å². The summed E-state index contributed by atoms with van der Waals surface area (Å²) < 4.78 is 15.5. The number of carbonyl (C=O) groups is 3. The van der Waals surface area contributed by atoms with Crippen molar-refractivity contribution in [1.82, 2.24) is 16.0 Å². The minimum absolute atomic E-state index is 0.160. The molecule has 1 aromatic carbocycles. The molecule has 3 rings (SSSR count). The summed E-state index contributed by atoms with van der Waals surface area (Å²) in [5.74, 6) is 1.43. The molecule has 0 aromatic heterocycles. The fourth-order valence-corrected chi connectivity index (χ4v) is 5.38. The Labute approximate surface area is 226 Å². The first-order valence-corrected chi connectivity index (χ1v) is 14.3. The summed E-state index contributed by atoms with van der Waals surface area (Å²) >= 11 is 0. The Morgan fingerprint density at radius 2 is 1.21 bits per heavy atom. The molecule has 2 saturated carbocycles. The first-order valence-electron chi connectivity index (χ1n) is 14.3. The predicted octanol–water partition coefficient (Wildman–Crippen LogP) is 5.67. The molecule has 2 aliphatic carbocycles. The number of hydrogen-bond acceptors (Lipinski definition) is 6. The molecule has 212 valence electrons. The van der Waals surface area contributed by atoms with Crippen molar-refractivity contribution in [2.75, 3.05) is 19.8 Å². The van der Waals surface area contributed by atoms with Crippen LogP contribution in [0.25, 0.3) is 0 Å². The van der Waals surface area contributed by atoms with Gasteiger partial charge in [-0.2, -0.15) is 0 Å². The van der Waals surface area contributed by atoms with Gasteiger partial charge >= 0.3 is 18.3 Å². The standard InChI is InChI=1S/C29H45N3O6/c1-2-17-36-28(34)31-25-13-9-22(10-14-25)20-23-11-15-26(16-12-23)32-29(35)38-19-6-18-37-27(33)30-21-24-7-4-3-5-8-24/h3-5,7-8,22-23,25-26H,2,6,9-21H2,1H3,(H,30,33)(H,31,34)(H,32,35). The Morgan fingerprint density at radius 3 is 1.74 bits per heavy atom. The third-order valence-electron chi connectivity index (χ3n) is 7.48. The summed E-state index contributed by atoms with van der Waals surface area (Å²) in [6.45, 7) is 3.28. The van der Waals surface area contributed by atoms with Gasteiger partial charge in [-0.3, -0.25) is 0 Å². The van der Waals surface area contributed by atoms with Crippen molar-refractivity contribution in [1.29, 1.82) is 0 Å². The van der Waals surface area contributed by atoms with Crippen LogP contribution in [0.1, 0.15) is 83.1 Å². The van der Waals surface area contributed by atoms with E-state index in [4.69, 9.17) is 14.2 Å². The lowest BCUT2D eigenvalue weighted by Gasteiger charge is -2.34. The van der Waals surface area contributed by atoms with Crippen LogP contribution in [0.15, 0.2) is 30.3 Å². The van der Waals surface area contributed by atoms with Crippen LogP contribution < -0.4 is 16.0 Å². The minimum atomic E-state index is -0.480. The van der Waals surface area contributed by atoms with Crippen molar-refractivity contribution < 1.29 is 28.6 Å². The van der Waals surface area contributed by atoms with Gasteiger partial charge in [0, 0.05) is 25.0 Å². The maximum Gasteiger partial charge on any atom is 0.407 e. The minimum Gasteiger partial charge on any atom is -0.450 e. The summed E-state index contributed by atoms with van der Waals surface area (Å²) in [6, 6.07) is 10.0. The van der Waals surface area contributed by atoms with E-state index in [0.29, 0.717) is 25.5 Å². The van der Waals surface area contributed by atoms with E-state index in [-0.39, 0.29) is 31.4 Å². The van der Waals surface area contributed by atoms with E-state index in [1.807, 2.05) is 37.3 Å². The molecule has 0 radical (unpaired) electrons. The lowest BCUT2D eigenvalue weighted by Crippen LogP contribution is -2.39. The molecule has 0 aliphatic heterocycles. The van der Waals surface area contributed by atoms with Crippen LogP contribution in [0.5, 0.6) is 0 Å². The maximum absolute atomic E-state index is 12.1. The molecule has 3 amide bonds. The average molecular weight is 532 g/mol. The summed E-state index contributed by atoms with van der Waals surface area (Å²) in [6.07, 6.45) is 9.93. The first kappa shape index (κ1) is 29.6. The molecular formula is C29H45N3O6. The van der Waals surface area contributed by atoms with Crippen molar-refractivity contribution >= 4 is 18.3 Å². The predicted molar refractivity (Wildman–Crippen MR) is 145 cm³/mol. The fourth-order valence-electron chi connectivity index (χ4n) is 5.38. The molecule has 0 spiro atoms. The molecule has 0 atom stereocenters. The molecule has 0 saturated heterocycles. The van der Waals surface area contributed by atoms with E-state index >= 15 is 0 Å². The second-order valence-electron chi connectivity index (χ2n) is 10.6. The first-order chi connectivity index (χ1) is 18.5. The number of rotatable bonds is 12. The molecule has 1 aromatic rings. The topological polar surface area (TPSA) is 115 Å². The Kier molecular flexibility index (Phi) is 13.1. The second-order valence-corrected chi connectivity index (χ2v) is 10.6. The number of ether oxygens (including phenoxy) is 3. The molecule has 0 bridgehead atoms. The normalized spacial score (nSPS) is 23.1. The van der Waals surface area contributed by atoms with Crippen molar-refractivity contribution in [3.8, 4) is 0 Å². The van der Waals surface area contributed by atoms with Crippen molar-refractivity contribution in [3.63, 3.8) is 0 Å². The average Bonchev–Trinajstić information content (AvgIpc) is 2.93. The number of hydrogen-bond donors (Lipinski definition) is 3. The van der Waals surface area contributed by atoms with Gasteiger partial charge in [-0.05, 0) is 81.6 Å². The Morgan fingerprint density at radius 1 is 0.711 bits per heavy atom. The fraction of sp³-hybridized carbons (Fsp3) is 0.690. The van der Waals surface area contributed by atoms with Gasteiger partial charge in [-0.25, -0.2) is 14.4 Å². The Balaban J connectivity index is 1.17. The van der Waals surface area contributed by atoms with Gasteiger partial charge in [0.2, 0.25) is 0 Å². The van der Waals surface area contributed by atoms with Crippen molar-refractivity contribution in [3.05, 3.63) is 35.9 Å². The molecule has 2 aliphatic rings. The van der Waals surface area contributed by atoms with Gasteiger partial charge in [-0.15, -0.1) is 0 Å². The molecular weight excluding hydrogens is 486 g/mol. The largest absolute Gasteiger partial charge is 0.450 e. The van der Waals surface area contributed by atoms with E-state index < -0.39 is 12.2 Å². The zero-order valence-electron chi connectivity index (χ0n) is 22.8. The zero-order chi connectivity index (χ0) is 27.0. The van der Waals surface area contributed by atoms with Crippen LogP contribution in [0.2, 0.25) is 0 Å². The number of benzene rings is 1. The lowest BCUT2D eigenvalue weighted by molar-refractivity contribution is 0.114. The lowest BCUT2D eigenvalue weighted by atomic mass is 9.76. The summed E-state index contributed by atoms with van der Waals surface area (Å²) in [4.78, 5) is 35.6. The molecule has 9 nitrogen and oxygen atoms in total. The summed E-state index contributed by atoms with van der Waals surface area (Å²) in [7, 11) is 0. The molecule has 38 heavy (non-hydrogen) atoms. The van der Waals surface area contributed by atoms with Gasteiger partial charge in [0.1, 0.15) is 0 Å². The highest BCUT2D eigenvalue weighted by Crippen LogP contribution is 2.35.